The number of nitrogens with zero attached hydrogens (tertiary/aromatic N) is 2. The molecule has 1 N–H and O–H groups in total. The smallest absolute Gasteiger partial charge is 0.257 e. The Labute approximate surface area is 164 Å². The zero-order valence-electron chi connectivity index (χ0n) is 16.3. The molecule has 0 bridgehead atoms. The SMILES string of the molecule is CC(C)Oc1ccc(C(=O)Nc2nc(CN3CC(C)OC(C)C3)cs2)cc1. The van der Waals surface area contributed by atoms with Crippen molar-refractivity contribution in [2.45, 2.75) is 52.6 Å². The summed E-state index contributed by atoms with van der Waals surface area (Å²) in [5.41, 5.74) is 1.55. The van der Waals surface area contributed by atoms with Crippen molar-refractivity contribution >= 4 is 22.4 Å². The number of rotatable bonds is 6. The van der Waals surface area contributed by atoms with Crippen molar-refractivity contribution in [2.75, 3.05) is 18.4 Å². The van der Waals surface area contributed by atoms with Gasteiger partial charge in [-0.15, -0.1) is 11.3 Å². The minimum Gasteiger partial charge on any atom is -0.491 e. The number of carbonyl (C=O) groups is 1. The van der Waals surface area contributed by atoms with Crippen molar-refractivity contribution in [3.8, 4) is 5.75 Å². The largest absolute Gasteiger partial charge is 0.491 e. The molecule has 27 heavy (non-hydrogen) atoms. The number of carbonyl (C=O) groups excluding carboxylic acids is 1. The van der Waals surface area contributed by atoms with Gasteiger partial charge in [0.15, 0.2) is 5.13 Å². The van der Waals surface area contributed by atoms with Crippen molar-refractivity contribution in [1.29, 1.82) is 0 Å². The zero-order valence-corrected chi connectivity index (χ0v) is 17.1. The quantitative estimate of drug-likeness (QED) is 0.814. The van der Waals surface area contributed by atoms with Gasteiger partial charge in [-0.25, -0.2) is 4.98 Å². The van der Waals surface area contributed by atoms with Crippen molar-refractivity contribution in [3.63, 3.8) is 0 Å². The molecule has 1 amide bonds. The Morgan fingerprint density at radius 3 is 2.59 bits per heavy atom. The Hall–Kier alpha value is -1.96. The maximum atomic E-state index is 12.4. The molecule has 146 valence electrons. The summed E-state index contributed by atoms with van der Waals surface area (Å²) in [6.07, 6.45) is 0.569. The molecule has 2 aromatic rings. The Morgan fingerprint density at radius 1 is 1.30 bits per heavy atom. The van der Waals surface area contributed by atoms with Crippen LogP contribution in [0.15, 0.2) is 29.6 Å². The molecule has 0 aliphatic carbocycles. The van der Waals surface area contributed by atoms with E-state index in [0.717, 1.165) is 31.1 Å². The summed E-state index contributed by atoms with van der Waals surface area (Å²) in [5.74, 6) is 0.590. The fraction of sp³-hybridized carbons (Fsp3) is 0.500. The van der Waals surface area contributed by atoms with Crippen LogP contribution < -0.4 is 10.1 Å². The van der Waals surface area contributed by atoms with Crippen LogP contribution in [0, 0.1) is 0 Å². The Kier molecular flexibility index (Phi) is 6.46. The molecule has 1 aromatic carbocycles. The van der Waals surface area contributed by atoms with Crippen molar-refractivity contribution in [2.24, 2.45) is 0 Å². The van der Waals surface area contributed by atoms with Gasteiger partial charge in [-0.2, -0.15) is 0 Å². The predicted octanol–water partition coefficient (Wildman–Crippen LogP) is 3.79. The van der Waals surface area contributed by atoms with Crippen molar-refractivity contribution in [3.05, 3.63) is 40.9 Å². The third-order valence-corrected chi connectivity index (χ3v) is 4.95. The number of anilines is 1. The van der Waals surface area contributed by atoms with E-state index in [1.165, 1.54) is 11.3 Å². The zero-order chi connectivity index (χ0) is 19.4. The first kappa shape index (κ1) is 19.8. The molecule has 0 spiro atoms. The third kappa shape index (κ3) is 5.76. The van der Waals surface area contributed by atoms with Gasteiger partial charge < -0.3 is 9.47 Å². The normalized spacial score (nSPS) is 20.6. The maximum Gasteiger partial charge on any atom is 0.257 e. The molecule has 0 saturated carbocycles. The molecule has 1 aliphatic rings. The van der Waals surface area contributed by atoms with Crippen molar-refractivity contribution < 1.29 is 14.3 Å². The highest BCUT2D eigenvalue weighted by Gasteiger charge is 2.22. The van der Waals surface area contributed by atoms with E-state index in [9.17, 15) is 4.79 Å². The number of nitrogens with one attached hydrogen (secondary N) is 1. The minimum atomic E-state index is -0.166. The van der Waals surface area contributed by atoms with Crippen LogP contribution >= 0.6 is 11.3 Å². The van der Waals surface area contributed by atoms with Crippen LogP contribution in [-0.4, -0.2) is 47.2 Å². The third-order valence-electron chi connectivity index (χ3n) is 4.14. The molecule has 2 heterocycles. The molecule has 6 nitrogen and oxygen atoms in total. The van der Waals surface area contributed by atoms with Gasteiger partial charge in [0.25, 0.3) is 5.91 Å². The predicted molar refractivity (Wildman–Crippen MR) is 108 cm³/mol. The molecule has 1 aromatic heterocycles. The van der Waals surface area contributed by atoms with E-state index < -0.39 is 0 Å². The highest BCUT2D eigenvalue weighted by atomic mass is 32.1. The average molecular weight is 390 g/mol. The second kappa shape index (κ2) is 8.82. The van der Waals surface area contributed by atoms with E-state index in [0.29, 0.717) is 10.7 Å². The number of amides is 1. The van der Waals surface area contributed by atoms with E-state index in [-0.39, 0.29) is 24.2 Å². The van der Waals surface area contributed by atoms with Crippen LogP contribution in [0.1, 0.15) is 43.7 Å². The van der Waals surface area contributed by atoms with E-state index >= 15 is 0 Å². The van der Waals surface area contributed by atoms with Crippen LogP contribution in [0.25, 0.3) is 0 Å². The fourth-order valence-corrected chi connectivity index (χ4v) is 3.90. The molecule has 1 fully saturated rings. The molecule has 0 radical (unpaired) electrons. The molecular weight excluding hydrogens is 362 g/mol. The summed E-state index contributed by atoms with van der Waals surface area (Å²) in [6, 6.07) is 7.14. The lowest BCUT2D eigenvalue weighted by Crippen LogP contribution is -2.44. The van der Waals surface area contributed by atoms with Crippen LogP contribution in [-0.2, 0) is 11.3 Å². The number of morpholine rings is 1. The lowest BCUT2D eigenvalue weighted by Gasteiger charge is -2.34. The first-order valence-electron chi connectivity index (χ1n) is 9.29. The molecule has 2 atom stereocenters. The van der Waals surface area contributed by atoms with Gasteiger partial charge in [0.2, 0.25) is 0 Å². The van der Waals surface area contributed by atoms with E-state index in [1.807, 2.05) is 31.4 Å². The molecule has 1 aliphatic heterocycles. The van der Waals surface area contributed by atoms with Gasteiger partial charge >= 0.3 is 0 Å². The monoisotopic (exact) mass is 389 g/mol. The number of benzene rings is 1. The van der Waals surface area contributed by atoms with Gasteiger partial charge in [0, 0.05) is 30.6 Å². The number of hydrogen-bond acceptors (Lipinski definition) is 6. The first-order valence-corrected chi connectivity index (χ1v) is 10.2. The highest BCUT2D eigenvalue weighted by molar-refractivity contribution is 7.13. The number of hydrogen-bond donors (Lipinski definition) is 1. The summed E-state index contributed by atoms with van der Waals surface area (Å²) >= 11 is 1.45. The number of aromatic nitrogens is 1. The lowest BCUT2D eigenvalue weighted by atomic mass is 10.2. The molecule has 7 heteroatoms. The van der Waals surface area contributed by atoms with Gasteiger partial charge in [-0.05, 0) is 52.0 Å². The standard InChI is InChI=1S/C20H27N3O3S/c1-13(2)25-18-7-5-16(6-8-18)19(24)22-20-21-17(12-27-20)11-23-9-14(3)26-15(4)10-23/h5-8,12-15H,9-11H2,1-4H3,(H,21,22,24). The van der Waals surface area contributed by atoms with Crippen LogP contribution in [0.4, 0.5) is 5.13 Å². The lowest BCUT2D eigenvalue weighted by molar-refractivity contribution is -0.0707. The summed E-state index contributed by atoms with van der Waals surface area (Å²) in [7, 11) is 0. The summed E-state index contributed by atoms with van der Waals surface area (Å²) in [5, 5.41) is 5.50. The second-order valence-electron chi connectivity index (χ2n) is 7.24. The fourth-order valence-electron chi connectivity index (χ4n) is 3.21. The summed E-state index contributed by atoms with van der Waals surface area (Å²) in [6.45, 7) is 10.7. The first-order chi connectivity index (χ1) is 12.9. The average Bonchev–Trinajstić information content (AvgIpc) is 3.00. The van der Waals surface area contributed by atoms with Gasteiger partial charge in [0.1, 0.15) is 5.75 Å². The van der Waals surface area contributed by atoms with Crippen molar-refractivity contribution in [1.82, 2.24) is 9.88 Å². The number of ether oxygens (including phenoxy) is 2. The Morgan fingerprint density at radius 2 is 1.96 bits per heavy atom. The number of thiazole rings is 1. The molecule has 1 saturated heterocycles. The van der Waals surface area contributed by atoms with E-state index in [2.05, 4.69) is 29.0 Å². The maximum absolute atomic E-state index is 12.4. The van der Waals surface area contributed by atoms with Crippen LogP contribution in [0.3, 0.4) is 0 Å². The second-order valence-corrected chi connectivity index (χ2v) is 8.10. The summed E-state index contributed by atoms with van der Waals surface area (Å²) < 4.78 is 11.4. The highest BCUT2D eigenvalue weighted by Crippen LogP contribution is 2.20. The topological polar surface area (TPSA) is 63.7 Å². The van der Waals surface area contributed by atoms with Crippen LogP contribution in [0.2, 0.25) is 0 Å². The minimum absolute atomic E-state index is 0.107. The summed E-state index contributed by atoms with van der Waals surface area (Å²) in [4.78, 5) is 19.3. The van der Waals surface area contributed by atoms with Gasteiger partial charge in [0.05, 0.1) is 24.0 Å². The van der Waals surface area contributed by atoms with Gasteiger partial charge in [-0.3, -0.25) is 15.0 Å². The molecule has 2 unspecified atom stereocenters. The Bertz CT molecular complexity index is 750. The van der Waals surface area contributed by atoms with Gasteiger partial charge in [-0.1, -0.05) is 0 Å². The molecule has 3 rings (SSSR count). The Balaban J connectivity index is 1.56. The molecular formula is C20H27N3O3S. The van der Waals surface area contributed by atoms with E-state index in [4.69, 9.17) is 9.47 Å². The van der Waals surface area contributed by atoms with E-state index in [1.54, 1.807) is 12.1 Å². The van der Waals surface area contributed by atoms with Crippen LogP contribution in [0.5, 0.6) is 5.75 Å².